The van der Waals surface area contributed by atoms with E-state index in [4.69, 9.17) is 0 Å². The van der Waals surface area contributed by atoms with Crippen LogP contribution in [0.5, 0.6) is 0 Å². The molecular weight excluding hydrogens is 346 g/mol. The largest absolute Gasteiger partial charge is 0.351 e. The number of benzene rings is 2. The van der Waals surface area contributed by atoms with E-state index in [9.17, 15) is 9.59 Å². The normalized spacial score (nSPS) is 10.6. The summed E-state index contributed by atoms with van der Waals surface area (Å²) in [6.07, 6.45) is 0. The molecule has 0 aliphatic rings. The number of para-hydroxylation sites is 1. The van der Waals surface area contributed by atoms with E-state index in [1.807, 2.05) is 41.8 Å². The summed E-state index contributed by atoms with van der Waals surface area (Å²) < 4.78 is 0. The highest BCUT2D eigenvalue weighted by Crippen LogP contribution is 2.19. The SMILES string of the molecule is O=C(Nc1cccc(NC(=O)c2cccs2)c1)c1cc2ccccc2[nH]1. The Hall–Kier alpha value is -3.38. The summed E-state index contributed by atoms with van der Waals surface area (Å²) in [6, 6.07) is 20.2. The summed E-state index contributed by atoms with van der Waals surface area (Å²) in [7, 11) is 0. The summed E-state index contributed by atoms with van der Waals surface area (Å²) in [6.45, 7) is 0. The summed E-state index contributed by atoms with van der Waals surface area (Å²) in [5.74, 6) is -0.401. The number of carbonyl (C=O) groups excluding carboxylic acids is 2. The van der Waals surface area contributed by atoms with Crippen molar-refractivity contribution in [2.75, 3.05) is 10.6 Å². The number of aromatic amines is 1. The zero-order valence-corrected chi connectivity index (χ0v) is 14.5. The standard InChI is InChI=1S/C20H15N3O2S/c24-19(17-11-13-5-1-2-8-16(13)23-17)21-14-6-3-7-15(12-14)22-20(25)18-9-4-10-26-18/h1-12,23H,(H,21,24)(H,22,25). The average Bonchev–Trinajstić information content (AvgIpc) is 3.31. The van der Waals surface area contributed by atoms with Crippen molar-refractivity contribution in [1.82, 2.24) is 4.98 Å². The lowest BCUT2D eigenvalue weighted by atomic mass is 10.2. The molecular formula is C20H15N3O2S. The number of hydrogen-bond acceptors (Lipinski definition) is 3. The molecule has 0 spiro atoms. The number of H-pyrrole nitrogens is 1. The molecule has 0 fully saturated rings. The molecule has 4 aromatic rings. The summed E-state index contributed by atoms with van der Waals surface area (Å²) >= 11 is 1.38. The van der Waals surface area contributed by atoms with Crippen molar-refractivity contribution >= 4 is 45.4 Å². The van der Waals surface area contributed by atoms with Gasteiger partial charge in [0.1, 0.15) is 5.69 Å². The van der Waals surface area contributed by atoms with Gasteiger partial charge >= 0.3 is 0 Å². The molecule has 2 heterocycles. The topological polar surface area (TPSA) is 74.0 Å². The quantitative estimate of drug-likeness (QED) is 0.491. The molecule has 4 rings (SSSR count). The molecule has 0 unspecified atom stereocenters. The first kappa shape index (κ1) is 16.1. The van der Waals surface area contributed by atoms with Gasteiger partial charge in [-0.1, -0.05) is 30.3 Å². The highest BCUT2D eigenvalue weighted by Gasteiger charge is 2.11. The molecule has 0 bridgehead atoms. The molecule has 2 amide bonds. The first-order valence-corrected chi connectivity index (χ1v) is 8.91. The Balaban J connectivity index is 1.49. The van der Waals surface area contributed by atoms with Gasteiger partial charge in [-0.15, -0.1) is 11.3 Å². The van der Waals surface area contributed by atoms with Gasteiger partial charge in [0, 0.05) is 22.3 Å². The maximum absolute atomic E-state index is 12.5. The van der Waals surface area contributed by atoms with Crippen molar-refractivity contribution in [3.8, 4) is 0 Å². The van der Waals surface area contributed by atoms with Gasteiger partial charge in [-0.2, -0.15) is 0 Å². The zero-order chi connectivity index (χ0) is 17.9. The van der Waals surface area contributed by atoms with E-state index in [1.165, 1.54) is 11.3 Å². The maximum atomic E-state index is 12.5. The molecule has 6 heteroatoms. The van der Waals surface area contributed by atoms with Crippen molar-refractivity contribution < 1.29 is 9.59 Å². The second kappa shape index (κ2) is 6.85. The van der Waals surface area contributed by atoms with E-state index in [2.05, 4.69) is 15.6 Å². The van der Waals surface area contributed by atoms with Crippen LogP contribution in [0.2, 0.25) is 0 Å². The highest BCUT2D eigenvalue weighted by atomic mass is 32.1. The molecule has 0 radical (unpaired) electrons. The second-order valence-electron chi connectivity index (χ2n) is 5.74. The number of aromatic nitrogens is 1. The minimum atomic E-state index is -0.233. The molecule has 0 saturated heterocycles. The number of thiophene rings is 1. The van der Waals surface area contributed by atoms with Gasteiger partial charge in [0.25, 0.3) is 11.8 Å². The molecule has 3 N–H and O–H groups in total. The lowest BCUT2D eigenvalue weighted by Gasteiger charge is -2.08. The van der Waals surface area contributed by atoms with Crippen LogP contribution in [-0.4, -0.2) is 16.8 Å². The number of amides is 2. The summed E-state index contributed by atoms with van der Waals surface area (Å²) in [5.41, 5.74) is 2.63. The lowest BCUT2D eigenvalue weighted by molar-refractivity contribution is 0.101. The molecule has 2 aromatic carbocycles. The van der Waals surface area contributed by atoms with Gasteiger partial charge in [-0.05, 0) is 41.8 Å². The molecule has 0 aliphatic carbocycles. The first-order chi connectivity index (χ1) is 12.7. The smallest absolute Gasteiger partial charge is 0.272 e. The monoisotopic (exact) mass is 361 g/mol. The summed E-state index contributed by atoms with van der Waals surface area (Å²) in [4.78, 5) is 28.3. The third kappa shape index (κ3) is 3.36. The number of hydrogen-bond donors (Lipinski definition) is 3. The Kier molecular flexibility index (Phi) is 4.25. The lowest BCUT2D eigenvalue weighted by Crippen LogP contribution is -2.13. The fourth-order valence-corrected chi connectivity index (χ4v) is 3.29. The van der Waals surface area contributed by atoms with Gasteiger partial charge in [-0.3, -0.25) is 9.59 Å². The van der Waals surface area contributed by atoms with Gasteiger partial charge in [0.15, 0.2) is 0 Å². The molecule has 0 aliphatic heterocycles. The van der Waals surface area contributed by atoms with Gasteiger partial charge in [0.2, 0.25) is 0 Å². The van der Waals surface area contributed by atoms with Crippen molar-refractivity contribution in [1.29, 1.82) is 0 Å². The molecule has 2 aromatic heterocycles. The van der Waals surface area contributed by atoms with E-state index >= 15 is 0 Å². The van der Waals surface area contributed by atoms with Gasteiger partial charge in [0.05, 0.1) is 4.88 Å². The van der Waals surface area contributed by atoms with Crippen LogP contribution in [0.4, 0.5) is 11.4 Å². The minimum Gasteiger partial charge on any atom is -0.351 e. The van der Waals surface area contributed by atoms with Gasteiger partial charge in [-0.25, -0.2) is 0 Å². The fraction of sp³-hybridized carbons (Fsp3) is 0. The van der Waals surface area contributed by atoms with Crippen molar-refractivity contribution in [2.45, 2.75) is 0 Å². The zero-order valence-electron chi connectivity index (χ0n) is 13.7. The van der Waals surface area contributed by atoms with E-state index in [0.717, 1.165) is 10.9 Å². The average molecular weight is 361 g/mol. The number of anilines is 2. The maximum Gasteiger partial charge on any atom is 0.272 e. The molecule has 0 atom stereocenters. The third-order valence-corrected chi connectivity index (χ3v) is 4.77. The van der Waals surface area contributed by atoms with Crippen LogP contribution < -0.4 is 10.6 Å². The molecule has 128 valence electrons. The predicted octanol–water partition coefficient (Wildman–Crippen LogP) is 4.73. The van der Waals surface area contributed by atoms with E-state index in [0.29, 0.717) is 21.9 Å². The summed E-state index contributed by atoms with van der Waals surface area (Å²) in [5, 5.41) is 8.51. The van der Waals surface area contributed by atoms with Gasteiger partial charge < -0.3 is 15.6 Å². The van der Waals surface area contributed by atoms with E-state index < -0.39 is 0 Å². The Morgan fingerprint density at radius 1 is 0.808 bits per heavy atom. The van der Waals surface area contributed by atoms with Crippen LogP contribution in [0.3, 0.4) is 0 Å². The minimum absolute atomic E-state index is 0.168. The van der Waals surface area contributed by atoms with Crippen LogP contribution in [0, 0.1) is 0 Å². The van der Waals surface area contributed by atoms with Crippen LogP contribution in [-0.2, 0) is 0 Å². The van der Waals surface area contributed by atoms with Crippen LogP contribution in [0.15, 0.2) is 72.1 Å². The first-order valence-electron chi connectivity index (χ1n) is 8.03. The van der Waals surface area contributed by atoms with Crippen LogP contribution in [0.25, 0.3) is 10.9 Å². The number of rotatable bonds is 4. The predicted molar refractivity (Wildman–Crippen MR) is 105 cm³/mol. The molecule has 26 heavy (non-hydrogen) atoms. The fourth-order valence-electron chi connectivity index (χ4n) is 2.67. The van der Waals surface area contributed by atoms with Crippen LogP contribution >= 0.6 is 11.3 Å². The van der Waals surface area contributed by atoms with Crippen LogP contribution in [0.1, 0.15) is 20.2 Å². The Labute approximate surface area is 153 Å². The number of nitrogens with one attached hydrogen (secondary N) is 3. The molecule has 5 nitrogen and oxygen atoms in total. The Bertz CT molecular complexity index is 1050. The molecule has 0 saturated carbocycles. The van der Waals surface area contributed by atoms with Crippen molar-refractivity contribution in [3.63, 3.8) is 0 Å². The highest BCUT2D eigenvalue weighted by molar-refractivity contribution is 7.12. The number of fused-ring (bicyclic) bond motifs is 1. The van der Waals surface area contributed by atoms with E-state index in [-0.39, 0.29) is 11.8 Å². The second-order valence-corrected chi connectivity index (χ2v) is 6.68. The van der Waals surface area contributed by atoms with Crippen molar-refractivity contribution in [3.05, 3.63) is 82.7 Å². The van der Waals surface area contributed by atoms with Crippen molar-refractivity contribution in [2.24, 2.45) is 0 Å². The number of carbonyl (C=O) groups is 2. The van der Waals surface area contributed by atoms with E-state index in [1.54, 1.807) is 30.3 Å². The third-order valence-electron chi connectivity index (χ3n) is 3.90. The Morgan fingerprint density at radius 2 is 1.58 bits per heavy atom. The Morgan fingerprint density at radius 3 is 2.31 bits per heavy atom.